The molecule has 2 N–H and O–H groups in total. The molecule has 0 unspecified atom stereocenters. The lowest BCUT2D eigenvalue weighted by Crippen LogP contribution is -2.44. The minimum absolute atomic E-state index is 0.000941. The number of ketones is 1. The van der Waals surface area contributed by atoms with Gasteiger partial charge in [0.05, 0.1) is 10.6 Å². The number of rotatable bonds is 7. The molecule has 5 rings (SSSR count). The third-order valence-electron chi connectivity index (χ3n) is 8.11. The van der Waals surface area contributed by atoms with Crippen LogP contribution < -0.4 is 5.73 Å². The zero-order valence-corrected chi connectivity index (χ0v) is 22.8. The maximum atomic E-state index is 13.9. The van der Waals surface area contributed by atoms with Crippen LogP contribution in [0.5, 0.6) is 0 Å². The van der Waals surface area contributed by atoms with Crippen LogP contribution in [0.4, 0.5) is 5.00 Å². The molecule has 2 aliphatic rings. The van der Waals surface area contributed by atoms with Crippen LogP contribution in [0.2, 0.25) is 5.02 Å². The van der Waals surface area contributed by atoms with E-state index in [0.29, 0.717) is 33.2 Å². The average molecular weight is 521 g/mol. The van der Waals surface area contributed by atoms with E-state index in [2.05, 4.69) is 36.1 Å². The first-order valence-corrected chi connectivity index (χ1v) is 14.7. The largest absolute Gasteiger partial charge is 0.390 e. The highest BCUT2D eigenvalue weighted by Gasteiger charge is 2.32. The van der Waals surface area contributed by atoms with E-state index in [1.165, 1.54) is 69.8 Å². The van der Waals surface area contributed by atoms with E-state index >= 15 is 0 Å². The van der Waals surface area contributed by atoms with E-state index in [-0.39, 0.29) is 5.78 Å². The Balaban J connectivity index is 1.59. The molecule has 0 saturated heterocycles. The van der Waals surface area contributed by atoms with Crippen molar-refractivity contribution in [3.05, 3.63) is 75.8 Å². The SMILES string of the molecule is Cc1ccc(-c2sc(N)c(C(=O)c3ccc(Cl)cc3)c2CN(C2CCCCC2)C2CCCCC2)cc1. The molecule has 190 valence electrons. The van der Waals surface area contributed by atoms with Crippen molar-refractivity contribution in [3.8, 4) is 10.4 Å². The Morgan fingerprint density at radius 3 is 2.00 bits per heavy atom. The van der Waals surface area contributed by atoms with Gasteiger partial charge in [-0.05, 0) is 68.0 Å². The lowest BCUT2D eigenvalue weighted by Gasteiger charge is -2.42. The van der Waals surface area contributed by atoms with Crippen molar-refractivity contribution in [2.45, 2.75) is 89.8 Å². The number of carbonyl (C=O) groups is 1. The van der Waals surface area contributed by atoms with Crippen LogP contribution in [0.25, 0.3) is 10.4 Å². The zero-order valence-electron chi connectivity index (χ0n) is 21.3. The van der Waals surface area contributed by atoms with Gasteiger partial charge in [0.25, 0.3) is 0 Å². The fraction of sp³-hybridized carbons (Fsp3) is 0.452. The molecule has 3 aromatic rings. The molecule has 3 nitrogen and oxygen atoms in total. The van der Waals surface area contributed by atoms with Crippen molar-refractivity contribution in [1.29, 1.82) is 0 Å². The Kier molecular flexibility index (Phi) is 8.15. The third kappa shape index (κ3) is 5.56. The van der Waals surface area contributed by atoms with Crippen molar-refractivity contribution >= 4 is 33.7 Å². The van der Waals surface area contributed by atoms with Gasteiger partial charge in [-0.3, -0.25) is 9.69 Å². The number of aryl methyl sites for hydroxylation is 1. The molecule has 2 fully saturated rings. The van der Waals surface area contributed by atoms with Crippen molar-refractivity contribution in [2.24, 2.45) is 0 Å². The average Bonchev–Trinajstić information content (AvgIpc) is 3.24. The Morgan fingerprint density at radius 1 is 0.889 bits per heavy atom. The van der Waals surface area contributed by atoms with Gasteiger partial charge in [-0.15, -0.1) is 11.3 Å². The number of thiophene rings is 1. The van der Waals surface area contributed by atoms with Gasteiger partial charge < -0.3 is 5.73 Å². The van der Waals surface area contributed by atoms with Crippen LogP contribution >= 0.6 is 22.9 Å². The fourth-order valence-corrected chi connectivity index (χ4v) is 7.34. The summed E-state index contributed by atoms with van der Waals surface area (Å²) in [6.07, 6.45) is 13.0. The molecule has 0 spiro atoms. The Labute approximate surface area is 224 Å². The van der Waals surface area contributed by atoms with Gasteiger partial charge >= 0.3 is 0 Å². The minimum Gasteiger partial charge on any atom is -0.390 e. The molecule has 0 radical (unpaired) electrons. The third-order valence-corrected chi connectivity index (χ3v) is 9.47. The second-order valence-corrected chi connectivity index (χ2v) is 12.1. The summed E-state index contributed by atoms with van der Waals surface area (Å²) in [6.45, 7) is 2.90. The zero-order chi connectivity index (χ0) is 25.1. The van der Waals surface area contributed by atoms with Gasteiger partial charge in [0.1, 0.15) is 0 Å². The molecule has 36 heavy (non-hydrogen) atoms. The fourth-order valence-electron chi connectivity index (χ4n) is 6.13. The maximum Gasteiger partial charge on any atom is 0.196 e. The normalized spacial score (nSPS) is 17.5. The van der Waals surface area contributed by atoms with Crippen LogP contribution in [0.15, 0.2) is 48.5 Å². The predicted molar refractivity (Wildman–Crippen MR) is 153 cm³/mol. The van der Waals surface area contributed by atoms with Crippen LogP contribution in [-0.4, -0.2) is 22.8 Å². The molecule has 2 aromatic carbocycles. The highest BCUT2D eigenvalue weighted by molar-refractivity contribution is 7.20. The summed E-state index contributed by atoms with van der Waals surface area (Å²) in [4.78, 5) is 17.8. The van der Waals surface area contributed by atoms with Crippen LogP contribution in [0, 0.1) is 6.92 Å². The van der Waals surface area contributed by atoms with Crippen LogP contribution in [-0.2, 0) is 6.54 Å². The maximum absolute atomic E-state index is 13.9. The highest BCUT2D eigenvalue weighted by atomic mass is 35.5. The topological polar surface area (TPSA) is 46.3 Å². The Bertz CT molecular complexity index is 1150. The number of anilines is 1. The number of benzene rings is 2. The smallest absolute Gasteiger partial charge is 0.196 e. The predicted octanol–water partition coefficient (Wildman–Crippen LogP) is 8.66. The van der Waals surface area contributed by atoms with Crippen molar-refractivity contribution < 1.29 is 4.79 Å². The summed E-state index contributed by atoms with van der Waals surface area (Å²) in [6, 6.07) is 17.0. The summed E-state index contributed by atoms with van der Waals surface area (Å²) < 4.78 is 0. The molecule has 0 bridgehead atoms. The van der Waals surface area contributed by atoms with E-state index in [1.54, 1.807) is 23.5 Å². The lowest BCUT2D eigenvalue weighted by molar-refractivity contribution is 0.0728. The van der Waals surface area contributed by atoms with Gasteiger partial charge in [-0.1, -0.05) is 80.0 Å². The Hall–Kier alpha value is -2.14. The standard InChI is InChI=1S/C31H37ClN2OS/c1-21-12-14-23(15-13-21)30-27(28(31(33)36-30)29(35)22-16-18-24(32)19-17-22)20-34(25-8-4-2-5-9-25)26-10-6-3-7-11-26/h12-19,25-26H,2-11,20,33H2,1H3. The molecular formula is C31H37ClN2OS. The summed E-state index contributed by atoms with van der Waals surface area (Å²) in [5, 5.41) is 1.25. The van der Waals surface area contributed by atoms with Crippen molar-refractivity contribution in [3.63, 3.8) is 0 Å². The first-order valence-electron chi connectivity index (χ1n) is 13.6. The van der Waals surface area contributed by atoms with Crippen LogP contribution in [0.1, 0.15) is 91.3 Å². The van der Waals surface area contributed by atoms with Crippen molar-refractivity contribution in [2.75, 3.05) is 5.73 Å². The summed E-state index contributed by atoms with van der Waals surface area (Å²) >= 11 is 7.69. The summed E-state index contributed by atoms with van der Waals surface area (Å²) in [5.74, 6) is 0.000941. The monoisotopic (exact) mass is 520 g/mol. The molecule has 0 atom stereocenters. The van der Waals surface area contributed by atoms with E-state index in [0.717, 1.165) is 22.5 Å². The number of nitrogens with two attached hydrogens (primary N) is 1. The van der Waals surface area contributed by atoms with E-state index < -0.39 is 0 Å². The molecule has 5 heteroatoms. The molecule has 2 saturated carbocycles. The van der Waals surface area contributed by atoms with Gasteiger partial charge in [0.15, 0.2) is 5.78 Å². The van der Waals surface area contributed by atoms with Gasteiger partial charge in [0, 0.05) is 34.1 Å². The molecule has 1 heterocycles. The summed E-state index contributed by atoms with van der Waals surface area (Å²) in [7, 11) is 0. The number of hydrogen-bond acceptors (Lipinski definition) is 4. The van der Waals surface area contributed by atoms with E-state index in [9.17, 15) is 4.79 Å². The second kappa shape index (κ2) is 11.5. The van der Waals surface area contributed by atoms with Crippen molar-refractivity contribution in [1.82, 2.24) is 4.90 Å². The molecule has 1 aromatic heterocycles. The minimum atomic E-state index is 0.000941. The van der Waals surface area contributed by atoms with Crippen LogP contribution in [0.3, 0.4) is 0 Å². The number of carbonyl (C=O) groups excluding carboxylic acids is 1. The number of nitrogen functional groups attached to an aromatic ring is 1. The van der Waals surface area contributed by atoms with E-state index in [4.69, 9.17) is 17.3 Å². The number of halogens is 1. The van der Waals surface area contributed by atoms with Gasteiger partial charge in [-0.25, -0.2) is 0 Å². The molecule has 2 aliphatic carbocycles. The van der Waals surface area contributed by atoms with Gasteiger partial charge in [0.2, 0.25) is 0 Å². The summed E-state index contributed by atoms with van der Waals surface area (Å²) in [5.41, 5.74) is 11.5. The van der Waals surface area contributed by atoms with Gasteiger partial charge in [-0.2, -0.15) is 0 Å². The first-order chi connectivity index (χ1) is 17.5. The molecule has 0 amide bonds. The first kappa shape index (κ1) is 25.5. The lowest BCUT2D eigenvalue weighted by atomic mass is 9.87. The number of hydrogen-bond donors (Lipinski definition) is 1. The highest BCUT2D eigenvalue weighted by Crippen LogP contribution is 2.42. The quantitative estimate of drug-likeness (QED) is 0.317. The molecule has 0 aliphatic heterocycles. The molecular weight excluding hydrogens is 484 g/mol. The van der Waals surface area contributed by atoms with E-state index in [1.807, 2.05) is 12.1 Å². The second-order valence-electron chi connectivity index (χ2n) is 10.6. The Morgan fingerprint density at radius 2 is 1.44 bits per heavy atom. The number of nitrogens with zero attached hydrogens (tertiary/aromatic N) is 1.